The van der Waals surface area contributed by atoms with Gasteiger partial charge in [0, 0.05) is 74.4 Å². The van der Waals surface area contributed by atoms with Crippen molar-refractivity contribution >= 4 is 29.4 Å². The molecule has 2 aromatic carbocycles. The number of rotatable bonds is 6. The van der Waals surface area contributed by atoms with Crippen molar-refractivity contribution in [2.45, 2.75) is 31.0 Å². The van der Waals surface area contributed by atoms with Gasteiger partial charge in [-0.2, -0.15) is 9.97 Å². The number of aromatic nitrogens is 4. The second-order valence-electron chi connectivity index (χ2n) is 12.2. The molecule has 54 heavy (non-hydrogen) atoms. The van der Waals surface area contributed by atoms with Gasteiger partial charge in [-0.25, -0.2) is 14.8 Å². The van der Waals surface area contributed by atoms with E-state index in [-0.39, 0.29) is 35.9 Å². The highest BCUT2D eigenvalue weighted by Crippen LogP contribution is 2.26. The molecule has 2 aliphatic heterocycles. The highest BCUT2D eigenvalue weighted by Gasteiger charge is 2.43. The van der Waals surface area contributed by atoms with E-state index in [0.717, 1.165) is 5.56 Å². The number of methoxy groups -OCH3 is 2. The first kappa shape index (κ1) is 39.2. The lowest BCUT2D eigenvalue weighted by Gasteiger charge is -2.13. The fraction of sp³-hybridized carbons (Fsp3) is 0.308. The van der Waals surface area contributed by atoms with Gasteiger partial charge in [-0.1, -0.05) is 47.9 Å². The topological polar surface area (TPSA) is 177 Å². The number of amides is 2. The number of hydrogen-bond acceptors (Lipinski definition) is 12. The van der Waals surface area contributed by atoms with Crippen molar-refractivity contribution in [1.82, 2.24) is 29.7 Å². The minimum Gasteiger partial charge on any atom is -0.481 e. The van der Waals surface area contributed by atoms with Crippen LogP contribution in [0.2, 0.25) is 5.28 Å². The maximum Gasteiger partial charge on any atom is 0.376 e. The fourth-order valence-electron chi connectivity index (χ4n) is 5.42. The van der Waals surface area contributed by atoms with E-state index in [4.69, 9.17) is 25.8 Å². The Morgan fingerprint density at radius 3 is 1.70 bits per heavy atom. The third-order valence-corrected chi connectivity index (χ3v) is 8.59. The highest BCUT2D eigenvalue weighted by atomic mass is 35.5. The van der Waals surface area contributed by atoms with E-state index in [1.165, 1.54) is 24.0 Å². The monoisotopic (exact) mass is 752 g/mol. The molecular weight excluding hydrogens is 716 g/mol. The van der Waals surface area contributed by atoms with Crippen LogP contribution in [0.15, 0.2) is 60.7 Å². The predicted molar refractivity (Wildman–Crippen MR) is 197 cm³/mol. The van der Waals surface area contributed by atoms with Crippen LogP contribution in [0.25, 0.3) is 22.5 Å². The Morgan fingerprint density at radius 2 is 1.26 bits per heavy atom. The van der Waals surface area contributed by atoms with Gasteiger partial charge in [0.2, 0.25) is 34.1 Å². The quantitative estimate of drug-likeness (QED) is 0.168. The lowest BCUT2D eigenvalue weighted by molar-refractivity contribution is -0.138. The number of hydrogen-bond donors (Lipinski definition) is 2. The molecule has 0 bridgehead atoms. The number of aliphatic hydroxyl groups is 2. The Labute approximate surface area is 317 Å². The van der Waals surface area contributed by atoms with Gasteiger partial charge in [0.05, 0.1) is 32.2 Å². The standard InChI is InChI=1S/C21H21N3O5.C18H16ClN3O3/c1-4-29-19(25)18-22-16(13-17(23-18)28-3)15-7-5-6-14(12-15)8-9-21(27)10-11-24(2)20(21)26;1-22-9-8-18(24,16(22)23)7-6-12-4-3-5-13(10-12)14-11-15(25-2)21-17(19)20-14/h5-7,12-13,27H,4,10-11H2,1-3H3;3-5,10-11,24H,8-9H2,1-2H3/t21-;18-/m00/s1. The van der Waals surface area contributed by atoms with Crippen molar-refractivity contribution in [1.29, 1.82) is 0 Å². The molecule has 6 rings (SSSR count). The summed E-state index contributed by atoms with van der Waals surface area (Å²) in [6.45, 7) is 2.85. The van der Waals surface area contributed by atoms with Gasteiger partial charge >= 0.3 is 5.97 Å². The molecule has 15 heteroatoms. The van der Waals surface area contributed by atoms with Crippen LogP contribution < -0.4 is 9.47 Å². The molecule has 4 aromatic rings. The molecule has 4 heterocycles. The summed E-state index contributed by atoms with van der Waals surface area (Å²) in [7, 11) is 6.22. The van der Waals surface area contributed by atoms with Gasteiger partial charge < -0.3 is 34.2 Å². The van der Waals surface area contributed by atoms with E-state index in [1.807, 2.05) is 12.1 Å². The van der Waals surface area contributed by atoms with Crippen molar-refractivity contribution in [3.05, 3.63) is 82.9 Å². The maximum atomic E-state index is 12.1. The summed E-state index contributed by atoms with van der Waals surface area (Å²) in [6, 6.07) is 17.6. The van der Waals surface area contributed by atoms with E-state index in [9.17, 15) is 24.6 Å². The molecule has 2 aliphatic rings. The second-order valence-corrected chi connectivity index (χ2v) is 12.6. The molecule has 0 saturated carbocycles. The molecule has 0 radical (unpaired) electrons. The zero-order valence-corrected chi connectivity index (χ0v) is 31.0. The summed E-state index contributed by atoms with van der Waals surface area (Å²) in [6.07, 6.45) is 0.564. The SMILES string of the molecule is CCOC(=O)c1nc(OC)cc(-c2cccc(C#C[C@]3(O)CCN(C)C3=O)c2)n1.COc1cc(-c2cccc(C#C[C@]3(O)CCN(C)C3=O)c2)nc(Cl)n1. The molecule has 14 nitrogen and oxygen atoms in total. The van der Waals surface area contributed by atoms with E-state index >= 15 is 0 Å². The fourth-order valence-corrected chi connectivity index (χ4v) is 5.59. The minimum absolute atomic E-state index is 0.0831. The van der Waals surface area contributed by atoms with Crippen molar-refractivity contribution in [2.75, 3.05) is 48.0 Å². The molecule has 2 saturated heterocycles. The molecule has 2 amide bonds. The zero-order valence-electron chi connectivity index (χ0n) is 30.2. The summed E-state index contributed by atoms with van der Waals surface area (Å²) < 4.78 is 15.2. The Morgan fingerprint density at radius 1 is 0.778 bits per heavy atom. The average Bonchev–Trinajstić information content (AvgIpc) is 3.60. The zero-order chi connectivity index (χ0) is 39.0. The molecule has 0 aliphatic carbocycles. The van der Waals surface area contributed by atoms with Crippen LogP contribution in [0.4, 0.5) is 0 Å². The van der Waals surface area contributed by atoms with Crippen molar-refractivity contribution in [2.24, 2.45) is 0 Å². The van der Waals surface area contributed by atoms with Crippen LogP contribution in [0.3, 0.4) is 0 Å². The van der Waals surface area contributed by atoms with E-state index < -0.39 is 23.1 Å². The first-order valence-electron chi connectivity index (χ1n) is 16.7. The Bertz CT molecular complexity index is 2210. The summed E-state index contributed by atoms with van der Waals surface area (Å²) in [4.78, 5) is 55.4. The summed E-state index contributed by atoms with van der Waals surface area (Å²) in [5, 5.41) is 20.9. The van der Waals surface area contributed by atoms with Gasteiger partial charge in [0.15, 0.2) is 0 Å². The van der Waals surface area contributed by atoms with Gasteiger partial charge in [0.25, 0.3) is 11.8 Å². The predicted octanol–water partition coefficient (Wildman–Crippen LogP) is 3.02. The Balaban J connectivity index is 0.000000210. The van der Waals surface area contributed by atoms with Crippen LogP contribution in [-0.2, 0) is 14.3 Å². The van der Waals surface area contributed by atoms with Crippen molar-refractivity contribution in [3.8, 4) is 58.0 Å². The van der Waals surface area contributed by atoms with E-state index in [1.54, 1.807) is 69.6 Å². The molecule has 278 valence electrons. The molecule has 2 aromatic heterocycles. The number of esters is 1. The third-order valence-electron chi connectivity index (χ3n) is 8.42. The van der Waals surface area contributed by atoms with Gasteiger partial charge in [-0.15, -0.1) is 0 Å². The Hall–Kier alpha value is -6.06. The second kappa shape index (κ2) is 16.7. The number of carbonyl (C=O) groups excluding carboxylic acids is 3. The van der Waals surface area contributed by atoms with Crippen LogP contribution in [0, 0.1) is 23.7 Å². The highest BCUT2D eigenvalue weighted by molar-refractivity contribution is 6.28. The van der Waals surface area contributed by atoms with Crippen LogP contribution in [0.5, 0.6) is 11.8 Å². The van der Waals surface area contributed by atoms with E-state index in [0.29, 0.717) is 53.5 Å². The summed E-state index contributed by atoms with van der Waals surface area (Å²) in [5.74, 6) is 10.2. The molecular formula is C39H37ClN6O8. The summed E-state index contributed by atoms with van der Waals surface area (Å²) >= 11 is 5.91. The van der Waals surface area contributed by atoms with Gasteiger partial charge in [-0.05, 0) is 42.8 Å². The molecule has 2 fully saturated rings. The first-order valence-corrected chi connectivity index (χ1v) is 17.1. The third kappa shape index (κ3) is 9.11. The lowest BCUT2D eigenvalue weighted by Crippen LogP contribution is -2.37. The summed E-state index contributed by atoms with van der Waals surface area (Å²) in [5.41, 5.74) is 0.457. The van der Waals surface area contributed by atoms with Gasteiger partial charge in [0.1, 0.15) is 0 Å². The molecule has 2 N–H and O–H groups in total. The maximum absolute atomic E-state index is 12.1. The largest absolute Gasteiger partial charge is 0.481 e. The van der Waals surface area contributed by atoms with Crippen LogP contribution in [0.1, 0.15) is 41.5 Å². The minimum atomic E-state index is -1.67. The number of nitrogens with zero attached hydrogens (tertiary/aromatic N) is 6. The van der Waals surface area contributed by atoms with Crippen molar-refractivity contribution in [3.63, 3.8) is 0 Å². The number of likely N-dealkylation sites (tertiary alicyclic amines) is 2. The van der Waals surface area contributed by atoms with Crippen molar-refractivity contribution < 1.29 is 38.8 Å². The lowest BCUT2D eigenvalue weighted by atomic mass is 10.0. The average molecular weight is 753 g/mol. The van der Waals surface area contributed by atoms with Crippen LogP contribution in [-0.4, -0.2) is 117 Å². The number of carbonyl (C=O) groups is 3. The first-order chi connectivity index (χ1) is 25.8. The Kier molecular flexibility index (Phi) is 12.1. The van der Waals surface area contributed by atoms with Gasteiger partial charge in [-0.3, -0.25) is 9.59 Å². The number of ether oxygens (including phenoxy) is 3. The number of halogens is 1. The molecule has 0 spiro atoms. The normalized spacial score (nSPS) is 18.8. The van der Waals surface area contributed by atoms with E-state index in [2.05, 4.69) is 43.6 Å². The molecule has 0 unspecified atom stereocenters. The van der Waals surface area contributed by atoms with Crippen LogP contribution >= 0.6 is 11.6 Å². The smallest absolute Gasteiger partial charge is 0.376 e. The number of benzene rings is 2. The molecule has 2 atom stereocenters. The number of likely N-dealkylation sites (N-methyl/N-ethyl adjacent to an activating group) is 2.